The van der Waals surface area contributed by atoms with Gasteiger partial charge in [0, 0.05) is 12.2 Å². The summed E-state index contributed by atoms with van der Waals surface area (Å²) in [5, 5.41) is 12.5. The molecule has 0 aromatic heterocycles. The Kier molecular flexibility index (Phi) is 14.2. The van der Waals surface area contributed by atoms with Crippen LogP contribution < -0.4 is 5.32 Å². The molecule has 6 nitrogen and oxygen atoms in total. The molecule has 31 heavy (non-hydrogen) atoms. The lowest BCUT2D eigenvalue weighted by Crippen LogP contribution is -2.34. The minimum atomic E-state index is -3.34. The van der Waals surface area contributed by atoms with Crippen molar-refractivity contribution in [2.24, 2.45) is 0 Å². The van der Waals surface area contributed by atoms with Crippen molar-refractivity contribution in [2.45, 2.75) is 84.6 Å². The second kappa shape index (κ2) is 16.1. The zero-order valence-electron chi connectivity index (χ0n) is 19.3. The molecule has 0 aliphatic heterocycles. The molecule has 0 radical (unpaired) electrons. The van der Waals surface area contributed by atoms with Crippen LogP contribution >= 0.6 is 7.60 Å². The van der Waals surface area contributed by atoms with E-state index in [0.717, 1.165) is 24.8 Å². The molecule has 7 heteroatoms. The van der Waals surface area contributed by atoms with Crippen molar-refractivity contribution in [3.8, 4) is 5.75 Å². The lowest BCUT2D eigenvalue weighted by atomic mass is 10.0. The zero-order chi connectivity index (χ0) is 23.0. The van der Waals surface area contributed by atoms with Gasteiger partial charge in [-0.05, 0) is 44.4 Å². The van der Waals surface area contributed by atoms with Crippen molar-refractivity contribution in [3.05, 3.63) is 41.7 Å². The van der Waals surface area contributed by atoms with Gasteiger partial charge in [0.1, 0.15) is 5.75 Å². The highest BCUT2D eigenvalue weighted by Gasteiger charge is 2.20. The van der Waals surface area contributed by atoms with Gasteiger partial charge in [0.25, 0.3) is 0 Å². The summed E-state index contributed by atoms with van der Waals surface area (Å²) < 4.78 is 23.4. The Bertz CT molecular complexity index is 680. The number of nitrogens with one attached hydrogen (secondary N) is 1. The largest absolute Gasteiger partial charge is 0.508 e. The monoisotopic (exact) mass is 453 g/mol. The SMILES string of the molecule is CCCCCCCCCC(=O)N[C@@H](C=CP(=O)(OCC)OCC)Cc1ccc(O)cc1. The lowest BCUT2D eigenvalue weighted by molar-refractivity contribution is -0.121. The van der Waals surface area contributed by atoms with E-state index < -0.39 is 7.60 Å². The van der Waals surface area contributed by atoms with Gasteiger partial charge in [0.15, 0.2) is 0 Å². The summed E-state index contributed by atoms with van der Waals surface area (Å²) in [6.07, 6.45) is 10.8. The molecule has 0 unspecified atom stereocenters. The van der Waals surface area contributed by atoms with Gasteiger partial charge in [-0.2, -0.15) is 0 Å². The molecule has 0 aliphatic rings. The third-order valence-corrected chi connectivity index (χ3v) is 6.64. The van der Waals surface area contributed by atoms with Crippen LogP contribution in [0.15, 0.2) is 36.2 Å². The first-order valence-corrected chi connectivity index (χ1v) is 13.2. The van der Waals surface area contributed by atoms with E-state index in [1.54, 1.807) is 32.1 Å². The minimum Gasteiger partial charge on any atom is -0.508 e. The molecule has 0 fully saturated rings. The number of rotatable bonds is 17. The normalized spacial score (nSPS) is 12.9. The summed E-state index contributed by atoms with van der Waals surface area (Å²) in [6, 6.07) is 6.49. The predicted molar refractivity (Wildman–Crippen MR) is 126 cm³/mol. The second-order valence-electron chi connectivity index (χ2n) is 7.63. The average Bonchev–Trinajstić information content (AvgIpc) is 2.73. The number of phenolic OH excluding ortho intramolecular Hbond substituents is 1. The molecule has 1 atom stereocenters. The van der Waals surface area contributed by atoms with Crippen LogP contribution in [0, 0.1) is 0 Å². The molecule has 1 rings (SSSR count). The van der Waals surface area contributed by atoms with Gasteiger partial charge in [-0.1, -0.05) is 63.7 Å². The van der Waals surface area contributed by atoms with Crippen molar-refractivity contribution in [1.29, 1.82) is 0 Å². The van der Waals surface area contributed by atoms with Crippen molar-refractivity contribution in [3.63, 3.8) is 0 Å². The number of carbonyl (C=O) groups is 1. The van der Waals surface area contributed by atoms with Crippen LogP contribution in [-0.4, -0.2) is 30.3 Å². The van der Waals surface area contributed by atoms with E-state index >= 15 is 0 Å². The molecule has 1 amide bonds. The van der Waals surface area contributed by atoms with Crippen molar-refractivity contribution >= 4 is 13.5 Å². The van der Waals surface area contributed by atoms with Crippen molar-refractivity contribution in [1.82, 2.24) is 5.32 Å². The lowest BCUT2D eigenvalue weighted by Gasteiger charge is -2.18. The second-order valence-corrected chi connectivity index (χ2v) is 9.53. The van der Waals surface area contributed by atoms with Crippen LogP contribution in [0.5, 0.6) is 5.75 Å². The number of hydrogen-bond acceptors (Lipinski definition) is 5. The van der Waals surface area contributed by atoms with E-state index in [4.69, 9.17) is 9.05 Å². The Morgan fingerprint density at radius 2 is 1.58 bits per heavy atom. The Labute approximate surface area is 188 Å². The first kappa shape index (κ1) is 27.4. The maximum absolute atomic E-state index is 12.7. The Morgan fingerprint density at radius 1 is 1.00 bits per heavy atom. The maximum Gasteiger partial charge on any atom is 0.353 e. The minimum absolute atomic E-state index is 0.0235. The standard InChI is InChI=1S/C24H40NO5P/c1-4-7-8-9-10-11-12-13-24(27)25-22(20-21-14-16-23(26)17-15-21)18-19-31(28,29-5-2)30-6-3/h14-19,22,26H,4-13,20H2,1-3H3,(H,25,27)/t22-/m0/s1. The van der Waals surface area contributed by atoms with Crippen LogP contribution in [-0.2, 0) is 24.8 Å². The summed E-state index contributed by atoms with van der Waals surface area (Å²) >= 11 is 0. The zero-order valence-corrected chi connectivity index (χ0v) is 20.2. The fourth-order valence-electron chi connectivity index (χ4n) is 3.27. The number of amides is 1. The number of unbranched alkanes of at least 4 members (excludes halogenated alkanes) is 6. The molecule has 2 N–H and O–H groups in total. The molecule has 0 saturated carbocycles. The first-order chi connectivity index (χ1) is 14.9. The van der Waals surface area contributed by atoms with Gasteiger partial charge in [-0.15, -0.1) is 0 Å². The molecular weight excluding hydrogens is 413 g/mol. The van der Waals surface area contributed by atoms with Crippen LogP contribution in [0.1, 0.15) is 77.7 Å². The third kappa shape index (κ3) is 12.7. The van der Waals surface area contributed by atoms with Crippen LogP contribution in [0.2, 0.25) is 0 Å². The van der Waals surface area contributed by atoms with E-state index in [2.05, 4.69) is 12.2 Å². The summed E-state index contributed by atoms with van der Waals surface area (Å²) in [6.45, 7) is 6.27. The number of aromatic hydroxyl groups is 1. The van der Waals surface area contributed by atoms with E-state index in [1.807, 2.05) is 12.1 Å². The van der Waals surface area contributed by atoms with Crippen LogP contribution in [0.4, 0.5) is 0 Å². The molecule has 176 valence electrons. The summed E-state index contributed by atoms with van der Waals surface area (Å²) in [5.74, 6) is 1.61. The highest BCUT2D eigenvalue weighted by molar-refractivity contribution is 7.57. The van der Waals surface area contributed by atoms with Crippen LogP contribution in [0.25, 0.3) is 0 Å². The van der Waals surface area contributed by atoms with Gasteiger partial charge >= 0.3 is 7.60 Å². The Morgan fingerprint density at radius 3 is 2.16 bits per heavy atom. The van der Waals surface area contributed by atoms with Crippen LogP contribution in [0.3, 0.4) is 0 Å². The van der Waals surface area contributed by atoms with Gasteiger partial charge < -0.3 is 19.5 Å². The van der Waals surface area contributed by atoms with Gasteiger partial charge in [-0.3, -0.25) is 9.36 Å². The van der Waals surface area contributed by atoms with E-state index in [1.165, 1.54) is 31.5 Å². The predicted octanol–water partition coefficient (Wildman–Crippen LogP) is 6.34. The Hall–Kier alpha value is -1.62. The number of phenols is 1. The van der Waals surface area contributed by atoms with Gasteiger partial charge in [0.2, 0.25) is 5.91 Å². The average molecular weight is 454 g/mol. The number of benzene rings is 1. The number of hydrogen-bond donors (Lipinski definition) is 2. The van der Waals surface area contributed by atoms with E-state index in [-0.39, 0.29) is 30.9 Å². The summed E-state index contributed by atoms with van der Waals surface area (Å²) in [7, 11) is -3.34. The third-order valence-electron chi connectivity index (χ3n) is 4.86. The quantitative estimate of drug-likeness (QED) is 0.212. The summed E-state index contributed by atoms with van der Waals surface area (Å²) in [5.41, 5.74) is 0.950. The topological polar surface area (TPSA) is 84.9 Å². The maximum atomic E-state index is 12.7. The molecule has 0 bridgehead atoms. The Balaban J connectivity index is 2.69. The fraction of sp³-hybridized carbons (Fsp3) is 0.625. The van der Waals surface area contributed by atoms with Crippen molar-refractivity contribution < 1.29 is 23.5 Å². The smallest absolute Gasteiger partial charge is 0.353 e. The molecule has 0 spiro atoms. The summed E-state index contributed by atoms with van der Waals surface area (Å²) in [4.78, 5) is 12.5. The number of carbonyl (C=O) groups excluding carboxylic acids is 1. The molecule has 0 aliphatic carbocycles. The van der Waals surface area contributed by atoms with E-state index in [0.29, 0.717) is 12.8 Å². The molecule has 0 saturated heterocycles. The molecular formula is C24H40NO5P. The van der Waals surface area contributed by atoms with Gasteiger partial charge in [-0.25, -0.2) is 0 Å². The fourth-order valence-corrected chi connectivity index (χ4v) is 4.65. The van der Waals surface area contributed by atoms with E-state index in [9.17, 15) is 14.5 Å². The highest BCUT2D eigenvalue weighted by Crippen LogP contribution is 2.49. The molecule has 1 aromatic rings. The van der Waals surface area contributed by atoms with Gasteiger partial charge in [0.05, 0.1) is 19.3 Å². The highest BCUT2D eigenvalue weighted by atomic mass is 31.2. The first-order valence-electron chi connectivity index (χ1n) is 11.6. The molecule has 0 heterocycles. The van der Waals surface area contributed by atoms with Crippen molar-refractivity contribution in [2.75, 3.05) is 13.2 Å². The molecule has 1 aromatic carbocycles.